The van der Waals surface area contributed by atoms with Gasteiger partial charge >= 0.3 is 0 Å². The predicted molar refractivity (Wildman–Crippen MR) is 94.2 cm³/mol. The zero-order valence-electron chi connectivity index (χ0n) is 11.2. The largest absolute Gasteiger partial charge is 0.506 e. The molecule has 4 nitrogen and oxygen atoms in total. The van der Waals surface area contributed by atoms with Crippen molar-refractivity contribution >= 4 is 54.7 Å². The molecule has 2 aromatic rings. The Hall–Kier alpha value is -1.92. The Bertz CT molecular complexity index is 843. The summed E-state index contributed by atoms with van der Waals surface area (Å²) in [6.07, 6.45) is 1.59. The van der Waals surface area contributed by atoms with Gasteiger partial charge in [0.25, 0.3) is 0 Å². The van der Waals surface area contributed by atoms with E-state index < -0.39 is 0 Å². The molecule has 3 N–H and O–H groups in total. The summed E-state index contributed by atoms with van der Waals surface area (Å²) in [6.45, 7) is 0. The van der Waals surface area contributed by atoms with Crippen molar-refractivity contribution in [2.75, 3.05) is 5.73 Å². The van der Waals surface area contributed by atoms with Crippen molar-refractivity contribution in [1.82, 2.24) is 0 Å². The minimum absolute atomic E-state index is 0.0523. The first-order chi connectivity index (χ1) is 10.5. The summed E-state index contributed by atoms with van der Waals surface area (Å²) in [6, 6.07) is 10.8. The number of phenolic OH excluding ortho intramolecular Hbond substituents is 1. The minimum atomic E-state index is -0.276. The topological polar surface area (TPSA) is 75.7 Å². The number of hydrogen-bond acceptors (Lipinski definition) is 4. The van der Waals surface area contributed by atoms with Crippen LogP contribution in [0, 0.1) is 0 Å². The highest BCUT2D eigenvalue weighted by Gasteiger charge is 2.29. The first-order valence-electron chi connectivity index (χ1n) is 6.36. The molecule has 0 unspecified atom stereocenters. The Morgan fingerprint density at radius 1 is 1.09 bits per heavy atom. The number of carbonyl (C=O) groups excluding carboxylic acids is 1. The standard InChI is InChI=1S/C16H10Br2N2O2/c17-9-6-11(19)13-14(16(9)22)12(7-10(18)15(13)21)20-8-4-2-1-3-5-8/h1-7,22H,19H2. The first-order valence-corrected chi connectivity index (χ1v) is 7.94. The van der Waals surface area contributed by atoms with E-state index >= 15 is 0 Å². The molecular formula is C16H10Br2N2O2. The number of nitrogens with zero attached hydrogens (tertiary/aromatic N) is 1. The summed E-state index contributed by atoms with van der Waals surface area (Å²) in [5.74, 6) is -0.328. The Morgan fingerprint density at radius 2 is 1.77 bits per heavy atom. The van der Waals surface area contributed by atoms with Crippen LogP contribution < -0.4 is 5.73 Å². The molecule has 2 aromatic carbocycles. The zero-order valence-corrected chi connectivity index (χ0v) is 14.3. The molecule has 0 atom stereocenters. The maximum Gasteiger partial charge on any atom is 0.202 e. The van der Waals surface area contributed by atoms with Gasteiger partial charge in [-0.1, -0.05) is 18.2 Å². The molecule has 0 heterocycles. The number of allylic oxidation sites excluding steroid dienone is 2. The van der Waals surface area contributed by atoms with Gasteiger partial charge in [-0.25, -0.2) is 4.99 Å². The number of hydrogen-bond donors (Lipinski definition) is 2. The van der Waals surface area contributed by atoms with Gasteiger partial charge in [0.1, 0.15) is 5.75 Å². The summed E-state index contributed by atoms with van der Waals surface area (Å²) in [7, 11) is 0. The number of carbonyl (C=O) groups is 1. The summed E-state index contributed by atoms with van der Waals surface area (Å²) in [5, 5.41) is 10.3. The molecule has 0 amide bonds. The van der Waals surface area contributed by atoms with Crippen LogP contribution >= 0.6 is 31.9 Å². The summed E-state index contributed by atoms with van der Waals surface area (Å²) in [5.41, 5.74) is 8.02. The second-order valence-electron chi connectivity index (χ2n) is 4.70. The van der Waals surface area contributed by atoms with Crippen LogP contribution in [0.5, 0.6) is 5.75 Å². The number of aliphatic imine (C=N–C) groups is 1. The smallest absolute Gasteiger partial charge is 0.202 e. The van der Waals surface area contributed by atoms with E-state index in [1.165, 1.54) is 6.07 Å². The number of nitrogen functional groups attached to an aromatic ring is 1. The first kappa shape index (κ1) is 15.0. The van der Waals surface area contributed by atoms with E-state index in [1.807, 2.05) is 30.3 Å². The number of nitrogens with two attached hydrogens (primary N) is 1. The zero-order chi connectivity index (χ0) is 15.9. The van der Waals surface area contributed by atoms with Crippen LogP contribution in [0.3, 0.4) is 0 Å². The lowest BCUT2D eigenvalue weighted by atomic mass is 9.91. The molecule has 1 aliphatic carbocycles. The highest BCUT2D eigenvalue weighted by atomic mass is 79.9. The fourth-order valence-corrected chi connectivity index (χ4v) is 3.12. The second kappa shape index (κ2) is 5.70. The monoisotopic (exact) mass is 420 g/mol. The maximum atomic E-state index is 12.3. The van der Waals surface area contributed by atoms with Crippen LogP contribution in [0.2, 0.25) is 0 Å². The molecule has 0 fully saturated rings. The Kier molecular flexibility index (Phi) is 3.88. The molecule has 0 aromatic heterocycles. The molecule has 0 spiro atoms. The van der Waals surface area contributed by atoms with E-state index in [1.54, 1.807) is 6.08 Å². The van der Waals surface area contributed by atoms with Crippen LogP contribution in [0.4, 0.5) is 11.4 Å². The highest BCUT2D eigenvalue weighted by molar-refractivity contribution is 9.12. The third-order valence-electron chi connectivity index (χ3n) is 3.25. The third-order valence-corrected chi connectivity index (χ3v) is 4.45. The van der Waals surface area contributed by atoms with Crippen molar-refractivity contribution in [3.63, 3.8) is 0 Å². The summed E-state index contributed by atoms with van der Waals surface area (Å²) < 4.78 is 0.770. The third kappa shape index (κ3) is 2.48. The van der Waals surface area contributed by atoms with Crippen LogP contribution in [0.15, 0.2) is 56.4 Å². The van der Waals surface area contributed by atoms with E-state index in [0.717, 1.165) is 0 Å². The lowest BCUT2D eigenvalue weighted by Gasteiger charge is -2.19. The van der Waals surface area contributed by atoms with E-state index in [4.69, 9.17) is 5.73 Å². The van der Waals surface area contributed by atoms with Gasteiger partial charge in [-0.3, -0.25) is 4.79 Å². The number of fused-ring (bicyclic) bond motifs is 1. The SMILES string of the molecule is Nc1cc(Br)c(O)c2c1C(=O)C(Br)=CC2=Nc1ccccc1. The minimum Gasteiger partial charge on any atom is -0.506 e. The van der Waals surface area contributed by atoms with E-state index in [-0.39, 0.29) is 22.8 Å². The van der Waals surface area contributed by atoms with Gasteiger partial charge in [-0.05, 0) is 56.1 Å². The number of aromatic hydroxyl groups is 1. The molecule has 0 saturated heterocycles. The van der Waals surface area contributed by atoms with Gasteiger partial charge in [0.2, 0.25) is 5.78 Å². The average molecular weight is 422 g/mol. The van der Waals surface area contributed by atoms with E-state index in [2.05, 4.69) is 36.9 Å². The number of Topliss-reactive ketones (excluding diaryl/α,β-unsaturated/α-hetero) is 1. The summed E-state index contributed by atoms with van der Waals surface area (Å²) >= 11 is 6.48. The molecule has 6 heteroatoms. The molecule has 0 saturated carbocycles. The molecule has 0 radical (unpaired) electrons. The number of halogens is 2. The van der Waals surface area contributed by atoms with Crippen LogP contribution in [-0.4, -0.2) is 16.6 Å². The highest BCUT2D eigenvalue weighted by Crippen LogP contribution is 2.40. The van der Waals surface area contributed by atoms with Gasteiger partial charge < -0.3 is 10.8 Å². The average Bonchev–Trinajstić information content (AvgIpc) is 2.49. The molecular weight excluding hydrogens is 412 g/mol. The lowest BCUT2D eigenvalue weighted by molar-refractivity contribution is 0.104. The van der Waals surface area contributed by atoms with Gasteiger partial charge in [-0.15, -0.1) is 0 Å². The number of para-hydroxylation sites is 1. The molecule has 0 aliphatic heterocycles. The van der Waals surface area contributed by atoms with Crippen molar-refractivity contribution in [3.8, 4) is 5.75 Å². The Balaban J connectivity index is 2.31. The van der Waals surface area contributed by atoms with Crippen LogP contribution in [0.1, 0.15) is 15.9 Å². The van der Waals surface area contributed by atoms with Gasteiger partial charge in [-0.2, -0.15) is 0 Å². The van der Waals surface area contributed by atoms with E-state index in [0.29, 0.717) is 25.9 Å². The molecule has 0 bridgehead atoms. The lowest BCUT2D eigenvalue weighted by Crippen LogP contribution is -2.17. The van der Waals surface area contributed by atoms with Crippen molar-refractivity contribution in [2.45, 2.75) is 0 Å². The number of anilines is 1. The number of benzene rings is 2. The fourth-order valence-electron chi connectivity index (χ4n) is 2.26. The quantitative estimate of drug-likeness (QED) is 0.531. The van der Waals surface area contributed by atoms with Gasteiger partial charge in [0, 0.05) is 5.69 Å². The summed E-state index contributed by atoms with van der Waals surface area (Å²) in [4.78, 5) is 16.8. The maximum absolute atomic E-state index is 12.3. The normalized spacial score (nSPS) is 15.6. The van der Waals surface area contributed by atoms with Crippen molar-refractivity contribution in [2.24, 2.45) is 4.99 Å². The predicted octanol–water partition coefficient (Wildman–Crippen LogP) is 4.33. The van der Waals surface area contributed by atoms with Gasteiger partial charge in [0.05, 0.1) is 31.5 Å². The molecule has 3 rings (SSSR count). The van der Waals surface area contributed by atoms with Crippen molar-refractivity contribution in [1.29, 1.82) is 0 Å². The number of phenols is 1. The number of ketones is 1. The Labute approximate surface area is 143 Å². The molecule has 1 aliphatic rings. The second-order valence-corrected chi connectivity index (χ2v) is 6.41. The fraction of sp³-hybridized carbons (Fsp3) is 0. The van der Waals surface area contributed by atoms with Crippen LogP contribution in [0.25, 0.3) is 0 Å². The Morgan fingerprint density at radius 3 is 2.45 bits per heavy atom. The van der Waals surface area contributed by atoms with Crippen molar-refractivity contribution in [3.05, 3.63) is 62.6 Å². The van der Waals surface area contributed by atoms with Crippen molar-refractivity contribution < 1.29 is 9.90 Å². The number of rotatable bonds is 1. The molecule has 110 valence electrons. The molecule has 22 heavy (non-hydrogen) atoms. The van der Waals surface area contributed by atoms with Gasteiger partial charge in [0.15, 0.2) is 0 Å². The van der Waals surface area contributed by atoms with E-state index in [9.17, 15) is 9.90 Å². The van der Waals surface area contributed by atoms with Crippen LogP contribution in [-0.2, 0) is 0 Å².